The topological polar surface area (TPSA) is 47.6 Å². The van der Waals surface area contributed by atoms with Gasteiger partial charge in [-0.25, -0.2) is 0 Å². The van der Waals surface area contributed by atoms with Crippen LogP contribution in [0, 0.1) is 0 Å². The van der Waals surface area contributed by atoms with Crippen molar-refractivity contribution < 1.29 is 27.4 Å². The van der Waals surface area contributed by atoms with E-state index in [1.807, 2.05) is 0 Å². The Morgan fingerprint density at radius 2 is 1.81 bits per heavy atom. The molecule has 1 amide bonds. The number of ether oxygens (including phenoxy) is 2. The van der Waals surface area contributed by atoms with E-state index < -0.39 is 17.6 Å². The number of hydrogen-bond acceptors (Lipinski definition) is 3. The van der Waals surface area contributed by atoms with Gasteiger partial charge >= 0.3 is 6.18 Å². The van der Waals surface area contributed by atoms with Crippen LogP contribution in [0.15, 0.2) is 42.5 Å². The Bertz CT molecular complexity index is 881. The van der Waals surface area contributed by atoms with Crippen molar-refractivity contribution in [3.8, 4) is 11.5 Å². The SMILES string of the molecule is O=C(/C=C/c1cccc(C(F)(F)F)c1)Nc1cc2c(cc1Cl)OCCCO2. The molecule has 0 saturated heterocycles. The minimum Gasteiger partial charge on any atom is -0.490 e. The van der Waals surface area contributed by atoms with Crippen LogP contribution in [0.1, 0.15) is 17.5 Å². The molecule has 2 aromatic rings. The number of hydrogen-bond donors (Lipinski definition) is 1. The molecule has 1 aliphatic heterocycles. The van der Waals surface area contributed by atoms with E-state index in [-0.39, 0.29) is 10.6 Å². The number of alkyl halides is 3. The molecule has 0 aromatic heterocycles. The third kappa shape index (κ3) is 4.95. The monoisotopic (exact) mass is 397 g/mol. The van der Waals surface area contributed by atoms with E-state index in [1.165, 1.54) is 18.2 Å². The molecule has 27 heavy (non-hydrogen) atoms. The first-order valence-electron chi connectivity index (χ1n) is 8.08. The first kappa shape index (κ1) is 19.1. The maximum atomic E-state index is 12.7. The second kappa shape index (κ2) is 7.92. The fourth-order valence-electron chi connectivity index (χ4n) is 2.44. The minimum absolute atomic E-state index is 0.254. The van der Waals surface area contributed by atoms with Gasteiger partial charge in [-0.15, -0.1) is 0 Å². The first-order valence-corrected chi connectivity index (χ1v) is 8.46. The van der Waals surface area contributed by atoms with Crippen LogP contribution in [-0.4, -0.2) is 19.1 Å². The van der Waals surface area contributed by atoms with Gasteiger partial charge in [0, 0.05) is 24.6 Å². The maximum Gasteiger partial charge on any atom is 0.416 e. The normalized spacial score (nSPS) is 14.1. The van der Waals surface area contributed by atoms with Crippen LogP contribution < -0.4 is 14.8 Å². The van der Waals surface area contributed by atoms with Gasteiger partial charge in [-0.05, 0) is 23.8 Å². The highest BCUT2D eigenvalue weighted by Crippen LogP contribution is 2.37. The molecule has 1 N–H and O–H groups in total. The summed E-state index contributed by atoms with van der Waals surface area (Å²) in [5, 5.41) is 2.84. The van der Waals surface area contributed by atoms with Gasteiger partial charge < -0.3 is 14.8 Å². The lowest BCUT2D eigenvalue weighted by molar-refractivity contribution is -0.137. The molecule has 1 heterocycles. The van der Waals surface area contributed by atoms with E-state index in [2.05, 4.69) is 5.32 Å². The van der Waals surface area contributed by atoms with Crippen molar-refractivity contribution in [1.82, 2.24) is 0 Å². The zero-order chi connectivity index (χ0) is 19.4. The summed E-state index contributed by atoms with van der Waals surface area (Å²) in [5.74, 6) is 0.424. The van der Waals surface area contributed by atoms with Crippen LogP contribution >= 0.6 is 11.6 Å². The van der Waals surface area contributed by atoms with Gasteiger partial charge in [0.15, 0.2) is 11.5 Å². The molecule has 2 aromatic carbocycles. The summed E-state index contributed by atoms with van der Waals surface area (Å²) in [7, 11) is 0. The minimum atomic E-state index is -4.44. The Balaban J connectivity index is 1.73. The van der Waals surface area contributed by atoms with Crippen molar-refractivity contribution in [2.45, 2.75) is 12.6 Å². The van der Waals surface area contributed by atoms with E-state index in [0.29, 0.717) is 30.4 Å². The molecule has 1 aliphatic rings. The number of fused-ring (bicyclic) bond motifs is 1. The van der Waals surface area contributed by atoms with Crippen LogP contribution in [0.5, 0.6) is 11.5 Å². The number of carbonyl (C=O) groups is 1. The molecule has 8 heteroatoms. The van der Waals surface area contributed by atoms with Crippen molar-refractivity contribution in [2.75, 3.05) is 18.5 Å². The van der Waals surface area contributed by atoms with E-state index in [9.17, 15) is 18.0 Å². The van der Waals surface area contributed by atoms with E-state index in [1.54, 1.807) is 12.1 Å². The molecule has 0 spiro atoms. The summed E-state index contributed by atoms with van der Waals surface area (Å²) in [6.07, 6.45) is -1.28. The van der Waals surface area contributed by atoms with Gasteiger partial charge in [-0.1, -0.05) is 23.7 Å². The number of amides is 1. The number of anilines is 1. The lowest BCUT2D eigenvalue weighted by atomic mass is 10.1. The lowest BCUT2D eigenvalue weighted by Crippen LogP contribution is -2.09. The van der Waals surface area contributed by atoms with Gasteiger partial charge in [0.2, 0.25) is 5.91 Å². The summed E-state index contributed by atoms with van der Waals surface area (Å²) in [4.78, 5) is 12.1. The Kier molecular flexibility index (Phi) is 5.60. The van der Waals surface area contributed by atoms with E-state index >= 15 is 0 Å². The van der Waals surface area contributed by atoms with Crippen LogP contribution in [0.4, 0.5) is 18.9 Å². The Hall–Kier alpha value is -2.67. The largest absolute Gasteiger partial charge is 0.490 e. The molecule has 0 saturated carbocycles. The van der Waals surface area contributed by atoms with Crippen molar-refractivity contribution in [3.05, 3.63) is 58.6 Å². The summed E-state index contributed by atoms with van der Waals surface area (Å²) in [6.45, 7) is 0.992. The number of carbonyl (C=O) groups excluding carboxylic acids is 1. The number of nitrogens with one attached hydrogen (secondary N) is 1. The second-order valence-corrected chi connectivity index (χ2v) is 6.18. The molecule has 142 valence electrons. The molecular formula is C19H15ClF3NO3. The van der Waals surface area contributed by atoms with Crippen molar-refractivity contribution in [1.29, 1.82) is 0 Å². The Labute approximate surface area is 158 Å². The quantitative estimate of drug-likeness (QED) is 0.727. The van der Waals surface area contributed by atoms with Crippen LogP contribution in [0.3, 0.4) is 0 Å². The predicted octanol–water partition coefficient (Wildman–Crippen LogP) is 5.17. The smallest absolute Gasteiger partial charge is 0.416 e. The average Bonchev–Trinajstić information content (AvgIpc) is 2.85. The Morgan fingerprint density at radius 3 is 2.52 bits per heavy atom. The van der Waals surface area contributed by atoms with Crippen molar-refractivity contribution >= 4 is 29.3 Å². The standard InChI is InChI=1S/C19H15ClF3NO3/c20-14-10-16-17(27-8-2-7-26-16)11-15(14)24-18(25)6-5-12-3-1-4-13(9-12)19(21,22)23/h1,3-6,9-11H,2,7-8H2,(H,24,25)/b6-5+. The summed E-state index contributed by atoms with van der Waals surface area (Å²) < 4.78 is 49.2. The van der Waals surface area contributed by atoms with Crippen molar-refractivity contribution in [3.63, 3.8) is 0 Å². The first-order chi connectivity index (χ1) is 12.8. The average molecular weight is 398 g/mol. The maximum absolute atomic E-state index is 12.7. The summed E-state index contributed by atoms with van der Waals surface area (Å²) in [5.41, 5.74) is -0.208. The third-order valence-electron chi connectivity index (χ3n) is 3.74. The van der Waals surface area contributed by atoms with Gasteiger partial charge in [0.25, 0.3) is 0 Å². The predicted molar refractivity (Wildman–Crippen MR) is 96.2 cm³/mol. The number of halogens is 4. The van der Waals surface area contributed by atoms with Gasteiger partial charge in [-0.3, -0.25) is 4.79 Å². The molecule has 0 fully saturated rings. The zero-order valence-electron chi connectivity index (χ0n) is 14.0. The number of rotatable bonds is 3. The molecule has 0 radical (unpaired) electrons. The van der Waals surface area contributed by atoms with Gasteiger partial charge in [0.1, 0.15) is 0 Å². The summed E-state index contributed by atoms with van der Waals surface area (Å²) >= 11 is 6.15. The van der Waals surface area contributed by atoms with Crippen molar-refractivity contribution in [2.24, 2.45) is 0 Å². The highest BCUT2D eigenvalue weighted by Gasteiger charge is 2.30. The van der Waals surface area contributed by atoms with Gasteiger partial charge in [-0.2, -0.15) is 13.2 Å². The highest BCUT2D eigenvalue weighted by molar-refractivity contribution is 6.34. The molecule has 4 nitrogen and oxygen atoms in total. The van der Waals surface area contributed by atoms with E-state index in [0.717, 1.165) is 24.6 Å². The molecule has 3 rings (SSSR count). The number of benzene rings is 2. The molecule has 0 aliphatic carbocycles. The zero-order valence-corrected chi connectivity index (χ0v) is 14.7. The van der Waals surface area contributed by atoms with E-state index in [4.69, 9.17) is 21.1 Å². The van der Waals surface area contributed by atoms with Crippen LogP contribution in [-0.2, 0) is 11.0 Å². The summed E-state index contributed by atoms with van der Waals surface area (Å²) in [6, 6.07) is 7.78. The molecular weight excluding hydrogens is 383 g/mol. The van der Waals surface area contributed by atoms with Crippen LogP contribution in [0.25, 0.3) is 6.08 Å². The van der Waals surface area contributed by atoms with Gasteiger partial charge in [0.05, 0.1) is 29.5 Å². The fourth-order valence-corrected chi connectivity index (χ4v) is 2.65. The third-order valence-corrected chi connectivity index (χ3v) is 4.05. The highest BCUT2D eigenvalue weighted by atomic mass is 35.5. The fraction of sp³-hybridized carbons (Fsp3) is 0.211. The lowest BCUT2D eigenvalue weighted by Gasteiger charge is -2.11. The van der Waals surface area contributed by atoms with Crippen LogP contribution in [0.2, 0.25) is 5.02 Å². The second-order valence-electron chi connectivity index (χ2n) is 5.78. The molecule has 0 atom stereocenters. The molecule has 0 bridgehead atoms. The Morgan fingerprint density at radius 1 is 1.11 bits per heavy atom. The molecule has 0 unspecified atom stereocenters.